The molecular weight excluding hydrogens is 455 g/mol. The molecule has 3 aromatic rings. The average Bonchev–Trinajstić information content (AvgIpc) is 2.86. The maximum Gasteiger partial charge on any atom is 0.338 e. The molecule has 0 saturated carbocycles. The fourth-order valence-corrected chi connectivity index (χ4v) is 6.92. The Labute approximate surface area is 210 Å². The summed E-state index contributed by atoms with van der Waals surface area (Å²) in [5, 5.41) is 1.32. The number of carbonyl (C=O) groups excluding carboxylic acids is 1. The van der Waals surface area contributed by atoms with E-state index in [-0.39, 0.29) is 19.2 Å². The van der Waals surface area contributed by atoms with Gasteiger partial charge in [-0.25, -0.2) is 4.79 Å². The number of esters is 1. The van der Waals surface area contributed by atoms with Gasteiger partial charge < -0.3 is 9.26 Å². The molecule has 3 aromatic carbocycles. The summed E-state index contributed by atoms with van der Waals surface area (Å²) >= 11 is 0. The highest BCUT2D eigenvalue weighted by Crippen LogP contribution is 2.48. The number of hydrogen-bond donors (Lipinski definition) is 0. The summed E-state index contributed by atoms with van der Waals surface area (Å²) in [5.41, 5.74) is 0.0575. The van der Waals surface area contributed by atoms with Crippen molar-refractivity contribution in [3.05, 3.63) is 96.6 Å². The molecule has 186 valence electrons. The number of benzene rings is 3. The third kappa shape index (κ3) is 7.40. The third-order valence-corrected chi connectivity index (χ3v) is 8.39. The van der Waals surface area contributed by atoms with Crippen molar-refractivity contribution >= 4 is 23.9 Å². The van der Waals surface area contributed by atoms with Crippen LogP contribution in [0.3, 0.4) is 0 Å². The lowest BCUT2D eigenvalue weighted by Crippen LogP contribution is -2.37. The zero-order valence-electron chi connectivity index (χ0n) is 21.2. The van der Waals surface area contributed by atoms with Crippen molar-refractivity contribution in [2.24, 2.45) is 17.3 Å². The highest BCUT2D eigenvalue weighted by Gasteiger charge is 2.38. The van der Waals surface area contributed by atoms with Gasteiger partial charge in [-0.05, 0) is 61.1 Å². The van der Waals surface area contributed by atoms with Gasteiger partial charge in [0.15, 0.2) is 0 Å². The van der Waals surface area contributed by atoms with E-state index in [0.29, 0.717) is 28.0 Å². The van der Waals surface area contributed by atoms with Crippen LogP contribution in [0, 0.1) is 17.3 Å². The highest BCUT2D eigenvalue weighted by molar-refractivity contribution is 7.74. The standard InChI is InChI=1S/C30H37O4P/c1-24(2)20-30(21-25(3)4,22-33-29(31)26-14-8-5-9-15-26)23-34-35(32,27-16-10-6-11-17-27)28-18-12-7-13-19-28/h5-19,24-25H,20-23H2,1-4H3. The minimum absolute atomic E-state index is 0.209. The SMILES string of the molecule is CC(C)CC(COC(=O)c1ccccc1)(COP(=O)(c1ccccc1)c1ccccc1)CC(C)C. The van der Waals surface area contributed by atoms with Gasteiger partial charge in [0, 0.05) is 16.0 Å². The average molecular weight is 493 g/mol. The molecule has 4 nitrogen and oxygen atoms in total. The lowest BCUT2D eigenvalue weighted by molar-refractivity contribution is -0.00179. The maximum atomic E-state index is 14.5. The largest absolute Gasteiger partial charge is 0.461 e. The molecule has 0 fully saturated rings. The van der Waals surface area contributed by atoms with Gasteiger partial charge in [-0.2, -0.15) is 0 Å². The van der Waals surface area contributed by atoms with Crippen LogP contribution in [0.25, 0.3) is 0 Å². The van der Waals surface area contributed by atoms with Gasteiger partial charge in [0.1, 0.15) is 0 Å². The monoisotopic (exact) mass is 492 g/mol. The molecule has 0 saturated heterocycles. The number of rotatable bonds is 12. The highest BCUT2D eigenvalue weighted by atomic mass is 31.2. The lowest BCUT2D eigenvalue weighted by atomic mass is 9.75. The van der Waals surface area contributed by atoms with Crippen molar-refractivity contribution in [2.45, 2.75) is 40.5 Å². The molecule has 0 aromatic heterocycles. The van der Waals surface area contributed by atoms with Crippen LogP contribution in [0.2, 0.25) is 0 Å². The molecule has 0 radical (unpaired) electrons. The molecule has 0 aliphatic rings. The Morgan fingerprint density at radius 2 is 1.14 bits per heavy atom. The van der Waals surface area contributed by atoms with Crippen molar-refractivity contribution < 1.29 is 18.6 Å². The van der Waals surface area contributed by atoms with Crippen LogP contribution < -0.4 is 10.6 Å². The zero-order chi connectivity index (χ0) is 25.3. The minimum Gasteiger partial charge on any atom is -0.461 e. The Morgan fingerprint density at radius 3 is 1.57 bits per heavy atom. The number of hydrogen-bond acceptors (Lipinski definition) is 4. The van der Waals surface area contributed by atoms with Gasteiger partial charge in [-0.15, -0.1) is 0 Å². The second-order valence-electron chi connectivity index (χ2n) is 10.1. The zero-order valence-corrected chi connectivity index (χ0v) is 22.1. The van der Waals surface area contributed by atoms with E-state index in [9.17, 15) is 9.36 Å². The van der Waals surface area contributed by atoms with Crippen LogP contribution in [0.5, 0.6) is 0 Å². The van der Waals surface area contributed by atoms with E-state index in [0.717, 1.165) is 12.8 Å². The summed E-state index contributed by atoms with van der Waals surface area (Å²) in [6.07, 6.45) is 1.58. The van der Waals surface area contributed by atoms with Crippen molar-refractivity contribution in [2.75, 3.05) is 13.2 Å². The van der Waals surface area contributed by atoms with Crippen molar-refractivity contribution in [3.63, 3.8) is 0 Å². The van der Waals surface area contributed by atoms with Crippen molar-refractivity contribution in [1.82, 2.24) is 0 Å². The van der Waals surface area contributed by atoms with Crippen LogP contribution >= 0.6 is 7.37 Å². The first kappa shape index (κ1) is 26.9. The van der Waals surface area contributed by atoms with E-state index in [1.54, 1.807) is 12.1 Å². The van der Waals surface area contributed by atoms with Gasteiger partial charge in [-0.1, -0.05) is 82.3 Å². The van der Waals surface area contributed by atoms with Gasteiger partial charge >= 0.3 is 5.97 Å². The lowest BCUT2D eigenvalue weighted by Gasteiger charge is -2.37. The second-order valence-corrected chi connectivity index (χ2v) is 12.5. The molecule has 5 heteroatoms. The summed E-state index contributed by atoms with van der Waals surface area (Å²) < 4.78 is 26.8. The predicted octanol–water partition coefficient (Wildman–Crippen LogP) is 6.87. The van der Waals surface area contributed by atoms with E-state index in [1.807, 2.05) is 78.9 Å². The van der Waals surface area contributed by atoms with Gasteiger partial charge in [0.05, 0.1) is 18.8 Å². The molecule has 0 bridgehead atoms. The fraction of sp³-hybridized carbons (Fsp3) is 0.367. The van der Waals surface area contributed by atoms with E-state index in [1.165, 1.54) is 0 Å². The molecular formula is C30H37O4P. The Morgan fingerprint density at radius 1 is 0.714 bits per heavy atom. The Bertz CT molecular complexity index is 1040. The fourth-order valence-electron chi connectivity index (χ4n) is 4.74. The summed E-state index contributed by atoms with van der Waals surface area (Å²) in [6.45, 7) is 9.06. The molecule has 35 heavy (non-hydrogen) atoms. The smallest absolute Gasteiger partial charge is 0.338 e. The molecule has 0 atom stereocenters. The molecule has 0 amide bonds. The van der Waals surface area contributed by atoms with Gasteiger partial charge in [-0.3, -0.25) is 4.57 Å². The Kier molecular flexibility index (Phi) is 9.48. The van der Waals surface area contributed by atoms with E-state index in [4.69, 9.17) is 9.26 Å². The van der Waals surface area contributed by atoms with Gasteiger partial charge in [0.2, 0.25) is 0 Å². The molecule has 0 aliphatic carbocycles. The van der Waals surface area contributed by atoms with Crippen molar-refractivity contribution in [1.29, 1.82) is 0 Å². The summed E-state index contributed by atoms with van der Waals surface area (Å²) in [6, 6.07) is 27.8. The molecule has 0 heterocycles. The first-order chi connectivity index (χ1) is 16.7. The van der Waals surface area contributed by atoms with Crippen LogP contribution in [0.15, 0.2) is 91.0 Å². The molecule has 0 unspecified atom stereocenters. The third-order valence-electron chi connectivity index (χ3n) is 5.95. The molecule has 0 N–H and O–H groups in total. The Hall–Kier alpha value is -2.68. The van der Waals surface area contributed by atoms with Crippen molar-refractivity contribution in [3.8, 4) is 0 Å². The van der Waals surface area contributed by atoms with Crippen LogP contribution in [-0.4, -0.2) is 19.2 Å². The topological polar surface area (TPSA) is 52.6 Å². The van der Waals surface area contributed by atoms with Crippen LogP contribution in [0.1, 0.15) is 50.9 Å². The van der Waals surface area contributed by atoms with Crippen LogP contribution in [0.4, 0.5) is 0 Å². The number of ether oxygens (including phenoxy) is 1. The molecule has 3 rings (SSSR count). The second kappa shape index (κ2) is 12.3. The van der Waals surface area contributed by atoms with E-state index >= 15 is 0 Å². The van der Waals surface area contributed by atoms with E-state index < -0.39 is 12.8 Å². The number of carbonyl (C=O) groups is 1. The summed E-state index contributed by atoms with van der Waals surface area (Å²) in [7, 11) is -3.35. The first-order valence-corrected chi connectivity index (χ1v) is 13.9. The molecule has 0 spiro atoms. The van der Waals surface area contributed by atoms with Gasteiger partial charge in [0.25, 0.3) is 7.37 Å². The maximum absolute atomic E-state index is 14.5. The normalized spacial score (nSPS) is 12.2. The van der Waals surface area contributed by atoms with E-state index in [2.05, 4.69) is 27.7 Å². The quantitative estimate of drug-likeness (QED) is 0.205. The predicted molar refractivity (Wildman–Crippen MR) is 144 cm³/mol. The Balaban J connectivity index is 1.92. The van der Waals surface area contributed by atoms with Crippen LogP contribution in [-0.2, 0) is 13.8 Å². The minimum atomic E-state index is -3.35. The summed E-state index contributed by atoms with van der Waals surface area (Å²) in [4.78, 5) is 12.8. The molecule has 0 aliphatic heterocycles. The first-order valence-electron chi connectivity index (χ1n) is 12.3. The summed E-state index contributed by atoms with van der Waals surface area (Å²) in [5.74, 6) is 0.345.